The van der Waals surface area contributed by atoms with Crippen LogP contribution in [0.2, 0.25) is 0 Å². The van der Waals surface area contributed by atoms with Crippen molar-refractivity contribution in [2.75, 3.05) is 23.3 Å². The Kier molecular flexibility index (Phi) is 2.21. The lowest BCUT2D eigenvalue weighted by Gasteiger charge is -2.25. The number of benzene rings is 1. The smallest absolute Gasteiger partial charge is 0.296 e. The molecule has 1 aromatic rings. The second kappa shape index (κ2) is 3.73. The van der Waals surface area contributed by atoms with Gasteiger partial charge < -0.3 is 10.2 Å². The minimum absolute atomic E-state index is 0.440. The van der Waals surface area contributed by atoms with E-state index in [0.29, 0.717) is 11.3 Å². The molecule has 2 heterocycles. The molecule has 4 nitrogen and oxygen atoms in total. The van der Waals surface area contributed by atoms with Gasteiger partial charge in [0.1, 0.15) is 0 Å². The Labute approximate surface area is 98.9 Å². The number of rotatable bonds is 1. The van der Waals surface area contributed by atoms with Crippen LogP contribution in [0.15, 0.2) is 30.4 Å². The van der Waals surface area contributed by atoms with E-state index in [1.165, 1.54) is 0 Å². The number of hydrogen-bond donors (Lipinski definition) is 1. The minimum atomic E-state index is -0.532. The van der Waals surface area contributed by atoms with E-state index >= 15 is 0 Å². The van der Waals surface area contributed by atoms with Gasteiger partial charge in [-0.05, 0) is 24.6 Å². The van der Waals surface area contributed by atoms with E-state index < -0.39 is 11.7 Å². The summed E-state index contributed by atoms with van der Waals surface area (Å²) in [7, 11) is 0. The first-order chi connectivity index (χ1) is 8.25. The first kappa shape index (κ1) is 10.1. The maximum atomic E-state index is 11.4. The van der Waals surface area contributed by atoms with E-state index in [1.807, 2.05) is 12.1 Å². The molecule has 1 N–H and O–H groups in total. The molecule has 0 saturated carbocycles. The van der Waals surface area contributed by atoms with Crippen molar-refractivity contribution < 1.29 is 9.59 Å². The summed E-state index contributed by atoms with van der Waals surface area (Å²) in [5.41, 5.74) is 2.15. The van der Waals surface area contributed by atoms with Crippen molar-refractivity contribution in [3.63, 3.8) is 0 Å². The normalized spacial score (nSPS) is 18.2. The maximum absolute atomic E-state index is 11.4. The monoisotopic (exact) mass is 228 g/mol. The van der Waals surface area contributed by atoms with Crippen LogP contribution in [0.5, 0.6) is 0 Å². The molecule has 0 spiro atoms. The molecule has 0 atom stereocenters. The van der Waals surface area contributed by atoms with Crippen LogP contribution in [0, 0.1) is 0 Å². The van der Waals surface area contributed by atoms with Gasteiger partial charge in [-0.3, -0.25) is 9.59 Å². The highest BCUT2D eigenvalue weighted by Gasteiger charge is 2.28. The lowest BCUT2D eigenvalue weighted by Crippen LogP contribution is -2.26. The molecule has 3 rings (SSSR count). The standard InChI is InChI=1S/C13H12N2O2/c16-12-10-5-4-9(8-11(10)14-13(12)17)15-6-2-1-3-7-15/h1-2,4-5,8H,3,6-7H2,(H,14,16,17). The lowest BCUT2D eigenvalue weighted by atomic mass is 10.1. The molecule has 2 aliphatic heterocycles. The van der Waals surface area contributed by atoms with E-state index in [4.69, 9.17) is 0 Å². The summed E-state index contributed by atoms with van der Waals surface area (Å²) in [4.78, 5) is 24.9. The maximum Gasteiger partial charge on any atom is 0.296 e. The first-order valence-corrected chi connectivity index (χ1v) is 5.65. The molecule has 4 heteroatoms. The molecule has 86 valence electrons. The van der Waals surface area contributed by atoms with E-state index in [1.54, 1.807) is 6.07 Å². The molecule has 0 aliphatic carbocycles. The summed E-state index contributed by atoms with van der Waals surface area (Å²) >= 11 is 0. The Bertz CT molecular complexity index is 534. The van der Waals surface area contributed by atoms with Gasteiger partial charge in [-0.1, -0.05) is 12.2 Å². The number of hydrogen-bond acceptors (Lipinski definition) is 3. The summed E-state index contributed by atoms with van der Waals surface area (Å²) in [6.07, 6.45) is 5.32. The van der Waals surface area contributed by atoms with E-state index in [9.17, 15) is 9.59 Å². The van der Waals surface area contributed by atoms with Crippen molar-refractivity contribution in [3.8, 4) is 0 Å². The number of ketones is 1. The van der Waals surface area contributed by atoms with Gasteiger partial charge in [0, 0.05) is 18.8 Å². The Balaban J connectivity index is 1.95. The largest absolute Gasteiger partial charge is 0.367 e. The predicted octanol–water partition coefficient (Wildman–Crippen LogP) is 1.59. The van der Waals surface area contributed by atoms with Gasteiger partial charge in [0.05, 0.1) is 11.3 Å². The zero-order valence-electron chi connectivity index (χ0n) is 9.27. The van der Waals surface area contributed by atoms with Crippen molar-refractivity contribution in [3.05, 3.63) is 35.9 Å². The fraction of sp³-hybridized carbons (Fsp3) is 0.231. The van der Waals surface area contributed by atoms with Crippen LogP contribution in [0.1, 0.15) is 16.8 Å². The average molecular weight is 228 g/mol. The van der Waals surface area contributed by atoms with Crippen LogP contribution < -0.4 is 10.2 Å². The number of carbonyl (C=O) groups excluding carboxylic acids is 2. The number of Topliss-reactive ketones (excluding diaryl/α,β-unsaturated/α-hetero) is 1. The third-order valence-corrected chi connectivity index (χ3v) is 3.13. The molecule has 0 fully saturated rings. The fourth-order valence-corrected chi connectivity index (χ4v) is 2.21. The molecule has 0 aromatic heterocycles. The van der Waals surface area contributed by atoms with Gasteiger partial charge in [0.2, 0.25) is 0 Å². The summed E-state index contributed by atoms with van der Waals surface area (Å²) in [6.45, 7) is 1.85. The van der Waals surface area contributed by atoms with Gasteiger partial charge in [-0.15, -0.1) is 0 Å². The molecule has 0 bridgehead atoms. The molecular formula is C13H12N2O2. The molecule has 0 unspecified atom stereocenters. The Morgan fingerprint density at radius 3 is 2.82 bits per heavy atom. The van der Waals surface area contributed by atoms with Crippen LogP contribution in [-0.2, 0) is 4.79 Å². The van der Waals surface area contributed by atoms with Crippen LogP contribution in [0.3, 0.4) is 0 Å². The second-order valence-corrected chi connectivity index (χ2v) is 4.22. The van der Waals surface area contributed by atoms with Crippen LogP contribution in [-0.4, -0.2) is 24.8 Å². The highest BCUT2D eigenvalue weighted by Crippen LogP contribution is 2.28. The van der Waals surface area contributed by atoms with Crippen molar-refractivity contribution in [2.24, 2.45) is 0 Å². The number of amides is 1. The Morgan fingerprint density at radius 2 is 2.06 bits per heavy atom. The topological polar surface area (TPSA) is 49.4 Å². The molecule has 0 saturated heterocycles. The number of nitrogens with one attached hydrogen (secondary N) is 1. The zero-order valence-corrected chi connectivity index (χ0v) is 9.27. The van der Waals surface area contributed by atoms with E-state index in [2.05, 4.69) is 22.4 Å². The van der Waals surface area contributed by atoms with Gasteiger partial charge in [0.25, 0.3) is 11.7 Å². The molecular weight excluding hydrogens is 216 g/mol. The molecule has 1 amide bonds. The quantitative estimate of drug-likeness (QED) is 0.586. The second-order valence-electron chi connectivity index (χ2n) is 4.22. The molecule has 1 aromatic carbocycles. The first-order valence-electron chi connectivity index (χ1n) is 5.65. The average Bonchev–Trinajstić information content (AvgIpc) is 2.66. The van der Waals surface area contributed by atoms with Crippen LogP contribution >= 0.6 is 0 Å². The van der Waals surface area contributed by atoms with Gasteiger partial charge >= 0.3 is 0 Å². The van der Waals surface area contributed by atoms with Crippen molar-refractivity contribution in [1.82, 2.24) is 0 Å². The SMILES string of the molecule is O=C1Nc2cc(N3CC=CCC3)ccc2C1=O. The third kappa shape index (κ3) is 1.62. The van der Waals surface area contributed by atoms with Crippen molar-refractivity contribution >= 4 is 23.1 Å². The molecule has 0 radical (unpaired) electrons. The van der Waals surface area contributed by atoms with Gasteiger partial charge in [-0.25, -0.2) is 0 Å². The molecule has 17 heavy (non-hydrogen) atoms. The Morgan fingerprint density at radius 1 is 1.18 bits per heavy atom. The summed E-state index contributed by atoms with van der Waals surface area (Å²) in [6, 6.07) is 5.50. The number of fused-ring (bicyclic) bond motifs is 1. The summed E-state index contributed by atoms with van der Waals surface area (Å²) in [5, 5.41) is 2.59. The van der Waals surface area contributed by atoms with Crippen LogP contribution in [0.25, 0.3) is 0 Å². The van der Waals surface area contributed by atoms with Crippen molar-refractivity contribution in [1.29, 1.82) is 0 Å². The van der Waals surface area contributed by atoms with E-state index in [-0.39, 0.29) is 0 Å². The van der Waals surface area contributed by atoms with E-state index in [0.717, 1.165) is 25.2 Å². The Hall–Kier alpha value is -2.10. The minimum Gasteiger partial charge on any atom is -0.367 e. The molecule has 2 aliphatic rings. The zero-order chi connectivity index (χ0) is 11.8. The van der Waals surface area contributed by atoms with Crippen molar-refractivity contribution in [2.45, 2.75) is 6.42 Å². The third-order valence-electron chi connectivity index (χ3n) is 3.13. The summed E-state index contributed by atoms with van der Waals surface area (Å²) < 4.78 is 0. The fourth-order valence-electron chi connectivity index (χ4n) is 2.21. The number of nitrogens with zero attached hydrogens (tertiary/aromatic N) is 1. The van der Waals surface area contributed by atoms with Crippen LogP contribution in [0.4, 0.5) is 11.4 Å². The van der Waals surface area contributed by atoms with Gasteiger partial charge in [-0.2, -0.15) is 0 Å². The lowest BCUT2D eigenvalue weighted by molar-refractivity contribution is -0.112. The van der Waals surface area contributed by atoms with Gasteiger partial charge in [0.15, 0.2) is 0 Å². The summed E-state index contributed by atoms with van der Waals surface area (Å²) in [5.74, 6) is -0.972. The number of carbonyl (C=O) groups is 2. The highest BCUT2D eigenvalue weighted by atomic mass is 16.2. The predicted molar refractivity (Wildman–Crippen MR) is 65.4 cm³/mol. The highest BCUT2D eigenvalue weighted by molar-refractivity contribution is 6.51. The number of anilines is 2.